The Bertz CT molecular complexity index is 426. The third-order valence-corrected chi connectivity index (χ3v) is 2.53. The molecule has 0 aromatic carbocycles. The van der Waals surface area contributed by atoms with Crippen LogP contribution in [0.25, 0.3) is 0 Å². The van der Waals surface area contributed by atoms with Crippen LogP contribution in [-0.4, -0.2) is 40.3 Å². The van der Waals surface area contributed by atoms with E-state index in [1.807, 2.05) is 13.8 Å². The Labute approximate surface area is 113 Å². The minimum absolute atomic E-state index is 0.189. The molecule has 19 heavy (non-hydrogen) atoms. The molecule has 1 atom stereocenters. The molecule has 0 aliphatic heterocycles. The van der Waals surface area contributed by atoms with Crippen LogP contribution in [0.5, 0.6) is 6.01 Å². The van der Waals surface area contributed by atoms with Gasteiger partial charge < -0.3 is 9.64 Å². The van der Waals surface area contributed by atoms with Crippen LogP contribution in [0.2, 0.25) is 5.28 Å². The Morgan fingerprint density at radius 3 is 2.26 bits per heavy atom. The van der Waals surface area contributed by atoms with Crippen molar-refractivity contribution in [1.29, 1.82) is 0 Å². The monoisotopic (exact) mass is 298 g/mol. The highest BCUT2D eigenvalue weighted by Crippen LogP contribution is 2.24. The van der Waals surface area contributed by atoms with Gasteiger partial charge in [0.15, 0.2) is 6.10 Å². The zero-order valence-electron chi connectivity index (χ0n) is 10.7. The van der Waals surface area contributed by atoms with Gasteiger partial charge in [-0.2, -0.15) is 28.1 Å². The molecule has 1 heterocycles. The smallest absolute Gasteiger partial charge is 0.425 e. The van der Waals surface area contributed by atoms with Crippen molar-refractivity contribution in [2.75, 3.05) is 18.0 Å². The van der Waals surface area contributed by atoms with Crippen molar-refractivity contribution >= 4 is 17.5 Å². The number of ether oxygens (including phenoxy) is 1. The van der Waals surface area contributed by atoms with Gasteiger partial charge in [-0.15, -0.1) is 0 Å². The third kappa shape index (κ3) is 4.38. The fraction of sp³-hybridized carbons (Fsp3) is 0.700. The molecule has 1 unspecified atom stereocenters. The van der Waals surface area contributed by atoms with Crippen molar-refractivity contribution < 1.29 is 17.9 Å². The van der Waals surface area contributed by atoms with Gasteiger partial charge in [0, 0.05) is 13.1 Å². The van der Waals surface area contributed by atoms with E-state index in [4.69, 9.17) is 11.6 Å². The van der Waals surface area contributed by atoms with Crippen molar-refractivity contribution in [2.24, 2.45) is 0 Å². The quantitative estimate of drug-likeness (QED) is 0.836. The van der Waals surface area contributed by atoms with Crippen LogP contribution in [0.3, 0.4) is 0 Å². The van der Waals surface area contributed by atoms with Gasteiger partial charge in [0.2, 0.25) is 11.2 Å². The van der Waals surface area contributed by atoms with Gasteiger partial charge in [-0.3, -0.25) is 0 Å². The first-order valence-electron chi connectivity index (χ1n) is 5.67. The van der Waals surface area contributed by atoms with Crippen LogP contribution in [-0.2, 0) is 0 Å². The van der Waals surface area contributed by atoms with E-state index in [0.717, 1.165) is 6.92 Å². The first-order chi connectivity index (χ1) is 8.77. The second kappa shape index (κ2) is 6.23. The molecule has 0 radical (unpaired) electrons. The molecule has 1 aromatic heterocycles. The summed E-state index contributed by atoms with van der Waals surface area (Å²) < 4.78 is 41.8. The summed E-state index contributed by atoms with van der Waals surface area (Å²) in [4.78, 5) is 12.9. The lowest BCUT2D eigenvalue weighted by atomic mass is 10.4. The molecular formula is C10H14ClF3N4O. The average molecular weight is 299 g/mol. The number of nitrogens with zero attached hydrogens (tertiary/aromatic N) is 4. The summed E-state index contributed by atoms with van der Waals surface area (Å²) in [7, 11) is 0. The zero-order valence-corrected chi connectivity index (χ0v) is 11.5. The number of rotatable bonds is 5. The summed E-state index contributed by atoms with van der Waals surface area (Å²) in [6.07, 6.45) is -6.51. The SMILES string of the molecule is CCN(CC)c1nc(Cl)nc(OC(C)C(F)(F)F)n1. The Morgan fingerprint density at radius 1 is 1.21 bits per heavy atom. The molecule has 0 spiro atoms. The predicted molar refractivity (Wildman–Crippen MR) is 64.5 cm³/mol. The topological polar surface area (TPSA) is 51.1 Å². The van der Waals surface area contributed by atoms with Gasteiger partial charge in [0.1, 0.15) is 0 Å². The molecule has 0 saturated carbocycles. The largest absolute Gasteiger partial charge is 0.451 e. The highest BCUT2D eigenvalue weighted by molar-refractivity contribution is 6.28. The summed E-state index contributed by atoms with van der Waals surface area (Å²) in [6, 6.07) is -0.438. The van der Waals surface area contributed by atoms with E-state index >= 15 is 0 Å². The number of hydrogen-bond donors (Lipinski definition) is 0. The summed E-state index contributed by atoms with van der Waals surface area (Å²) >= 11 is 5.66. The molecule has 0 saturated heterocycles. The lowest BCUT2D eigenvalue weighted by molar-refractivity contribution is -0.190. The summed E-state index contributed by atoms with van der Waals surface area (Å²) in [6.45, 7) is 5.77. The van der Waals surface area contributed by atoms with Gasteiger partial charge in [-0.25, -0.2) is 0 Å². The minimum Gasteiger partial charge on any atom is -0.451 e. The van der Waals surface area contributed by atoms with E-state index in [9.17, 15) is 13.2 Å². The molecule has 1 rings (SSSR count). The lowest BCUT2D eigenvalue weighted by Gasteiger charge is -2.20. The van der Waals surface area contributed by atoms with Crippen LogP contribution in [0.4, 0.5) is 19.1 Å². The van der Waals surface area contributed by atoms with E-state index in [1.165, 1.54) is 0 Å². The molecule has 0 fully saturated rings. The van der Waals surface area contributed by atoms with Gasteiger partial charge in [-0.1, -0.05) is 0 Å². The fourth-order valence-electron chi connectivity index (χ4n) is 1.25. The maximum atomic E-state index is 12.4. The fourth-order valence-corrected chi connectivity index (χ4v) is 1.40. The van der Waals surface area contributed by atoms with Gasteiger partial charge in [-0.05, 0) is 32.4 Å². The van der Waals surface area contributed by atoms with E-state index in [1.54, 1.807) is 4.90 Å². The maximum absolute atomic E-state index is 12.4. The van der Waals surface area contributed by atoms with Crippen LogP contribution in [0.1, 0.15) is 20.8 Å². The third-order valence-electron chi connectivity index (χ3n) is 2.37. The van der Waals surface area contributed by atoms with Gasteiger partial charge in [0.05, 0.1) is 0 Å². The molecule has 0 N–H and O–H groups in total. The Balaban J connectivity index is 2.97. The van der Waals surface area contributed by atoms with Crippen LogP contribution >= 0.6 is 11.6 Å². The molecule has 0 bridgehead atoms. The first kappa shape index (κ1) is 15.7. The number of halogens is 4. The van der Waals surface area contributed by atoms with E-state index in [0.29, 0.717) is 13.1 Å². The summed E-state index contributed by atoms with van der Waals surface area (Å²) in [5.74, 6) is 0.189. The first-order valence-corrected chi connectivity index (χ1v) is 6.05. The standard InChI is InChI=1S/C10H14ClF3N4O/c1-4-18(5-2)8-15-7(11)16-9(17-8)19-6(3)10(12,13)14/h6H,4-5H2,1-3H3. The van der Waals surface area contributed by atoms with Gasteiger partial charge in [0.25, 0.3) is 0 Å². The molecule has 0 aliphatic carbocycles. The highest BCUT2D eigenvalue weighted by atomic mass is 35.5. The Morgan fingerprint density at radius 2 is 1.79 bits per heavy atom. The summed E-state index contributed by atoms with van der Waals surface area (Å²) in [5.41, 5.74) is 0. The second-order valence-corrected chi connectivity index (χ2v) is 4.00. The van der Waals surface area contributed by atoms with E-state index < -0.39 is 18.3 Å². The zero-order chi connectivity index (χ0) is 14.6. The van der Waals surface area contributed by atoms with Crippen molar-refractivity contribution in [3.05, 3.63) is 5.28 Å². The lowest BCUT2D eigenvalue weighted by Crippen LogP contribution is -2.32. The average Bonchev–Trinajstić information content (AvgIpc) is 2.28. The van der Waals surface area contributed by atoms with Crippen molar-refractivity contribution in [3.8, 4) is 6.01 Å². The van der Waals surface area contributed by atoms with Crippen LogP contribution in [0.15, 0.2) is 0 Å². The van der Waals surface area contributed by atoms with Crippen molar-refractivity contribution in [1.82, 2.24) is 15.0 Å². The maximum Gasteiger partial charge on any atom is 0.425 e. The Hall–Kier alpha value is -1.31. The van der Waals surface area contributed by atoms with Crippen molar-refractivity contribution in [3.63, 3.8) is 0 Å². The molecule has 9 heteroatoms. The number of hydrogen-bond acceptors (Lipinski definition) is 5. The molecular weight excluding hydrogens is 285 g/mol. The molecule has 0 amide bonds. The molecule has 0 aliphatic rings. The highest BCUT2D eigenvalue weighted by Gasteiger charge is 2.38. The van der Waals surface area contributed by atoms with E-state index in [-0.39, 0.29) is 11.2 Å². The number of alkyl halides is 3. The normalized spacial score (nSPS) is 13.2. The van der Waals surface area contributed by atoms with Crippen LogP contribution < -0.4 is 9.64 Å². The van der Waals surface area contributed by atoms with Crippen LogP contribution in [0, 0.1) is 0 Å². The Kier molecular flexibility index (Phi) is 5.16. The molecule has 5 nitrogen and oxygen atoms in total. The second-order valence-electron chi connectivity index (χ2n) is 3.66. The number of anilines is 1. The number of aromatic nitrogens is 3. The summed E-state index contributed by atoms with van der Waals surface area (Å²) in [5, 5.41) is -0.207. The van der Waals surface area contributed by atoms with Crippen molar-refractivity contribution in [2.45, 2.75) is 33.1 Å². The van der Waals surface area contributed by atoms with E-state index in [2.05, 4.69) is 19.7 Å². The molecule has 1 aromatic rings. The minimum atomic E-state index is -4.49. The predicted octanol–water partition coefficient (Wildman–Crippen LogP) is 2.70. The van der Waals surface area contributed by atoms with Gasteiger partial charge >= 0.3 is 12.2 Å². The molecule has 108 valence electrons.